The highest BCUT2D eigenvalue weighted by atomic mass is 79.9. The molecule has 2 aromatic rings. The summed E-state index contributed by atoms with van der Waals surface area (Å²) in [5, 5.41) is 13.8. The van der Waals surface area contributed by atoms with E-state index in [1.165, 1.54) is 0 Å². The van der Waals surface area contributed by atoms with E-state index < -0.39 is 19.2 Å². The molecule has 4 atom stereocenters. The van der Waals surface area contributed by atoms with Crippen LogP contribution in [0.15, 0.2) is 11.1 Å². The van der Waals surface area contributed by atoms with Crippen molar-refractivity contribution >= 4 is 46.2 Å². The quantitative estimate of drug-likeness (QED) is 0.309. The first-order valence-corrected chi connectivity index (χ1v) is 13.5. The van der Waals surface area contributed by atoms with Gasteiger partial charge in [0.2, 0.25) is 5.95 Å². The molecule has 28 heavy (non-hydrogen) atoms. The summed E-state index contributed by atoms with van der Waals surface area (Å²) in [5.74, 6) is 0.414. The topological polar surface area (TPSA) is 105 Å². The van der Waals surface area contributed by atoms with Gasteiger partial charge in [0.15, 0.2) is 17.4 Å². The molecule has 1 fully saturated rings. The Morgan fingerprint density at radius 3 is 2.93 bits per heavy atom. The lowest BCUT2D eigenvalue weighted by Gasteiger charge is -2.19. The molecule has 0 spiro atoms. The predicted molar refractivity (Wildman–Crippen MR) is 120 cm³/mol. The van der Waals surface area contributed by atoms with E-state index >= 15 is 0 Å². The normalized spacial score (nSPS) is 25.5. The molecule has 3 rings (SSSR count). The van der Waals surface area contributed by atoms with E-state index in [-0.39, 0.29) is 22.0 Å². The second kappa shape index (κ2) is 8.69. The second-order valence-electron chi connectivity index (χ2n) is 7.97. The number of anilines is 1. The third-order valence-corrected chi connectivity index (χ3v) is 7.30. The van der Waals surface area contributed by atoms with Gasteiger partial charge in [0.1, 0.15) is 0 Å². The maximum absolute atomic E-state index is 12.4. The van der Waals surface area contributed by atoms with Gasteiger partial charge in [-0.2, -0.15) is 4.98 Å². The molecule has 0 aromatic carbocycles. The van der Waals surface area contributed by atoms with E-state index in [0.29, 0.717) is 11.6 Å². The SMILES string of the molecule is C=P(C)(C)CC[C@H]1O[C@@H](n2cnc3c(=O)[nH]c(NCCCC)nc32)[C@H](Br)[C@@H]1O. The van der Waals surface area contributed by atoms with E-state index in [1.807, 2.05) is 0 Å². The lowest BCUT2D eigenvalue weighted by atomic mass is 10.1. The second-order valence-corrected chi connectivity index (χ2v) is 13.3. The van der Waals surface area contributed by atoms with Crippen LogP contribution in [-0.2, 0) is 4.74 Å². The van der Waals surface area contributed by atoms with Crippen LogP contribution in [0, 0.1) is 0 Å². The van der Waals surface area contributed by atoms with Crippen molar-refractivity contribution < 1.29 is 9.84 Å². The number of hydrogen-bond acceptors (Lipinski definition) is 6. The molecule has 2 aromatic heterocycles. The summed E-state index contributed by atoms with van der Waals surface area (Å²) < 4.78 is 7.88. The molecule has 1 aliphatic rings. The summed E-state index contributed by atoms with van der Waals surface area (Å²) in [4.78, 5) is 23.5. The Labute approximate surface area is 173 Å². The number of aromatic nitrogens is 4. The average molecular weight is 474 g/mol. The molecule has 0 amide bonds. The van der Waals surface area contributed by atoms with Crippen LogP contribution in [0.5, 0.6) is 0 Å². The largest absolute Gasteiger partial charge is 0.389 e. The Morgan fingerprint density at radius 1 is 1.50 bits per heavy atom. The number of ether oxygens (including phenoxy) is 1. The van der Waals surface area contributed by atoms with Crippen LogP contribution >= 0.6 is 22.8 Å². The van der Waals surface area contributed by atoms with Crippen molar-refractivity contribution in [1.29, 1.82) is 0 Å². The van der Waals surface area contributed by atoms with Crippen LogP contribution in [0.3, 0.4) is 0 Å². The number of halogens is 1. The van der Waals surface area contributed by atoms with Gasteiger partial charge < -0.3 is 15.2 Å². The fraction of sp³-hybridized carbons (Fsp3) is 0.667. The smallest absolute Gasteiger partial charge is 0.280 e. The van der Waals surface area contributed by atoms with Gasteiger partial charge >= 0.3 is 0 Å². The number of aliphatic hydroxyl groups excluding tert-OH is 1. The summed E-state index contributed by atoms with van der Waals surface area (Å²) in [7, 11) is 0. The fourth-order valence-corrected chi connectivity index (χ4v) is 4.90. The molecule has 0 bridgehead atoms. The van der Waals surface area contributed by atoms with E-state index in [4.69, 9.17) is 4.74 Å². The van der Waals surface area contributed by atoms with Crippen molar-refractivity contribution in [3.05, 3.63) is 16.7 Å². The summed E-state index contributed by atoms with van der Waals surface area (Å²) in [5.41, 5.74) is 0.398. The molecule has 0 aliphatic carbocycles. The van der Waals surface area contributed by atoms with Gasteiger partial charge in [-0.05, 0) is 32.3 Å². The van der Waals surface area contributed by atoms with Crippen molar-refractivity contribution in [2.24, 2.45) is 0 Å². The van der Waals surface area contributed by atoms with Crippen LogP contribution in [0.2, 0.25) is 0 Å². The number of aliphatic hydroxyl groups is 1. The minimum absolute atomic E-state index is 0.257. The van der Waals surface area contributed by atoms with E-state index in [0.717, 1.165) is 32.0 Å². The Hall–Kier alpha value is -1.15. The highest BCUT2D eigenvalue weighted by Crippen LogP contribution is 2.41. The lowest BCUT2D eigenvalue weighted by Crippen LogP contribution is -2.28. The highest BCUT2D eigenvalue weighted by molar-refractivity contribution is 9.09. The monoisotopic (exact) mass is 473 g/mol. The van der Waals surface area contributed by atoms with Crippen LogP contribution in [-0.4, -0.2) is 74.0 Å². The van der Waals surface area contributed by atoms with Gasteiger partial charge in [0, 0.05) is 6.54 Å². The number of nitrogens with zero attached hydrogens (tertiary/aromatic N) is 3. The number of rotatable bonds is 8. The fourth-order valence-electron chi connectivity index (χ4n) is 3.22. The van der Waals surface area contributed by atoms with E-state index in [9.17, 15) is 9.90 Å². The lowest BCUT2D eigenvalue weighted by molar-refractivity contribution is -0.0174. The maximum atomic E-state index is 12.4. The predicted octanol–water partition coefficient (Wildman–Crippen LogP) is 2.45. The first kappa shape index (κ1) is 21.6. The maximum Gasteiger partial charge on any atom is 0.280 e. The number of nitrogens with one attached hydrogen (secondary N) is 2. The number of imidazole rings is 1. The van der Waals surface area contributed by atoms with Gasteiger partial charge in [-0.3, -0.25) is 14.3 Å². The Morgan fingerprint density at radius 2 is 2.25 bits per heavy atom. The summed E-state index contributed by atoms with van der Waals surface area (Å²) in [6.07, 6.45) is 8.05. The number of unbranched alkanes of at least 4 members (excludes halogenated alkanes) is 1. The Bertz CT molecular complexity index is 924. The van der Waals surface area contributed by atoms with Crippen molar-refractivity contribution in [1.82, 2.24) is 19.5 Å². The van der Waals surface area contributed by atoms with Crippen molar-refractivity contribution in [3.8, 4) is 0 Å². The molecular formula is C18H29BrN5O3P. The van der Waals surface area contributed by atoms with Gasteiger partial charge in [-0.25, -0.2) is 4.98 Å². The zero-order valence-electron chi connectivity index (χ0n) is 16.6. The van der Waals surface area contributed by atoms with Crippen molar-refractivity contribution in [3.63, 3.8) is 0 Å². The summed E-state index contributed by atoms with van der Waals surface area (Å²) in [6, 6.07) is 0. The first-order chi connectivity index (χ1) is 13.2. The molecule has 3 N–H and O–H groups in total. The Kier molecular flexibility index (Phi) is 6.69. The standard InChI is InChI=1S/C18H29BrN5O3P/c1-5-6-8-20-18-22-15-13(16(26)23-18)21-10-24(15)17-12(19)14(25)11(27-17)7-9-28(2,3)4/h10-12,14,17,25H,2,5-9H2,1,3-4H3,(H2,20,22,23,26)/t11-,12-,14-,17-/m1/s1. The summed E-state index contributed by atoms with van der Waals surface area (Å²) >= 11 is 3.57. The van der Waals surface area contributed by atoms with E-state index in [2.05, 4.69) is 62.8 Å². The molecular weight excluding hydrogens is 445 g/mol. The molecule has 0 saturated carbocycles. The number of fused-ring (bicyclic) bond motifs is 1. The summed E-state index contributed by atoms with van der Waals surface area (Å²) in [6.45, 7) is 5.97. The van der Waals surface area contributed by atoms with Crippen LogP contribution in [0.4, 0.5) is 5.95 Å². The van der Waals surface area contributed by atoms with Gasteiger partial charge in [-0.15, -0.1) is 13.2 Å². The molecule has 156 valence electrons. The molecule has 3 heterocycles. The number of H-pyrrole nitrogens is 1. The van der Waals surface area contributed by atoms with Crippen LogP contribution in [0.1, 0.15) is 32.4 Å². The minimum Gasteiger partial charge on any atom is -0.389 e. The first-order valence-electron chi connectivity index (χ1n) is 9.57. The van der Waals surface area contributed by atoms with Gasteiger partial charge in [0.25, 0.3) is 5.56 Å². The molecule has 1 saturated heterocycles. The molecule has 0 radical (unpaired) electrons. The van der Waals surface area contributed by atoms with Crippen molar-refractivity contribution in [2.75, 3.05) is 31.4 Å². The van der Waals surface area contributed by atoms with Crippen molar-refractivity contribution in [2.45, 2.75) is 49.4 Å². The highest BCUT2D eigenvalue weighted by Gasteiger charge is 2.43. The van der Waals surface area contributed by atoms with Gasteiger partial charge in [0.05, 0.1) is 23.4 Å². The third kappa shape index (κ3) is 4.70. The minimum atomic E-state index is -1.20. The van der Waals surface area contributed by atoms with Gasteiger partial charge in [-0.1, -0.05) is 29.3 Å². The number of alkyl halides is 1. The Balaban J connectivity index is 1.86. The zero-order valence-corrected chi connectivity index (χ0v) is 19.0. The molecule has 1 aliphatic heterocycles. The third-order valence-electron chi connectivity index (χ3n) is 4.84. The molecule has 10 heteroatoms. The van der Waals surface area contributed by atoms with Crippen LogP contribution in [0.25, 0.3) is 11.2 Å². The number of hydrogen-bond donors (Lipinski definition) is 3. The van der Waals surface area contributed by atoms with E-state index in [1.54, 1.807) is 10.9 Å². The number of aromatic amines is 1. The molecule has 0 unspecified atom stereocenters. The van der Waals surface area contributed by atoms with Crippen LogP contribution < -0.4 is 10.9 Å². The zero-order chi connectivity index (χ0) is 20.5. The molecule has 8 nitrogen and oxygen atoms in total. The average Bonchev–Trinajstić information content (AvgIpc) is 3.15.